The van der Waals surface area contributed by atoms with E-state index in [0.29, 0.717) is 11.5 Å². The molecule has 0 atom stereocenters. The van der Waals surface area contributed by atoms with Gasteiger partial charge in [-0.1, -0.05) is 18.7 Å². The highest BCUT2D eigenvalue weighted by molar-refractivity contribution is 5.91. The van der Waals surface area contributed by atoms with Crippen molar-refractivity contribution in [2.75, 3.05) is 0 Å². The SMILES string of the molecule is C=C(NNC(=O)c1ccco1)c1nc2ccccc2[nH]1. The van der Waals surface area contributed by atoms with Gasteiger partial charge in [0.25, 0.3) is 0 Å². The highest BCUT2D eigenvalue weighted by Crippen LogP contribution is 2.13. The molecular weight excluding hydrogens is 256 g/mol. The molecule has 0 aliphatic rings. The summed E-state index contributed by atoms with van der Waals surface area (Å²) in [4.78, 5) is 19.1. The number of nitrogens with one attached hydrogen (secondary N) is 3. The maximum Gasteiger partial charge on any atom is 0.305 e. The second-order valence-electron chi connectivity index (χ2n) is 4.14. The van der Waals surface area contributed by atoms with Crippen LogP contribution in [-0.4, -0.2) is 15.9 Å². The maximum absolute atomic E-state index is 11.7. The summed E-state index contributed by atoms with van der Waals surface area (Å²) in [5.74, 6) is 0.396. The van der Waals surface area contributed by atoms with Gasteiger partial charge in [-0.2, -0.15) is 0 Å². The lowest BCUT2D eigenvalue weighted by molar-refractivity contribution is 0.0914. The van der Waals surface area contributed by atoms with E-state index in [1.165, 1.54) is 6.26 Å². The molecular formula is C14H12N4O2. The standard InChI is InChI=1S/C14H12N4O2/c1-9(17-18-14(19)12-7-4-8-20-12)13-15-10-5-2-3-6-11(10)16-13/h2-8,17H,1H2,(H,15,16)(H,18,19). The smallest absolute Gasteiger partial charge is 0.305 e. The Labute approximate surface area is 114 Å². The summed E-state index contributed by atoms with van der Waals surface area (Å²) < 4.78 is 4.98. The summed E-state index contributed by atoms with van der Waals surface area (Å²) >= 11 is 0. The molecule has 0 aliphatic carbocycles. The third-order valence-corrected chi connectivity index (χ3v) is 2.75. The fourth-order valence-electron chi connectivity index (χ4n) is 1.76. The zero-order valence-electron chi connectivity index (χ0n) is 10.5. The highest BCUT2D eigenvalue weighted by Gasteiger charge is 2.10. The number of para-hydroxylation sites is 2. The Kier molecular flexibility index (Phi) is 2.96. The second kappa shape index (κ2) is 4.93. The van der Waals surface area contributed by atoms with Gasteiger partial charge < -0.3 is 9.40 Å². The lowest BCUT2D eigenvalue weighted by atomic mass is 10.3. The molecule has 20 heavy (non-hydrogen) atoms. The van der Waals surface area contributed by atoms with E-state index in [9.17, 15) is 4.79 Å². The fraction of sp³-hybridized carbons (Fsp3) is 0. The topological polar surface area (TPSA) is 82.9 Å². The zero-order valence-corrected chi connectivity index (χ0v) is 10.5. The average molecular weight is 268 g/mol. The van der Waals surface area contributed by atoms with Crippen LogP contribution in [-0.2, 0) is 0 Å². The molecule has 1 aromatic carbocycles. The first-order valence-electron chi connectivity index (χ1n) is 5.98. The molecule has 0 spiro atoms. The average Bonchev–Trinajstić information content (AvgIpc) is 3.12. The Bertz CT molecular complexity index is 725. The van der Waals surface area contributed by atoms with E-state index >= 15 is 0 Å². The number of aromatic nitrogens is 2. The van der Waals surface area contributed by atoms with Crippen molar-refractivity contribution in [2.45, 2.75) is 0 Å². The van der Waals surface area contributed by atoms with Gasteiger partial charge in [-0.15, -0.1) is 0 Å². The van der Waals surface area contributed by atoms with E-state index in [4.69, 9.17) is 4.42 Å². The molecule has 2 heterocycles. The second-order valence-corrected chi connectivity index (χ2v) is 4.14. The van der Waals surface area contributed by atoms with Crippen molar-refractivity contribution in [3.63, 3.8) is 0 Å². The minimum Gasteiger partial charge on any atom is -0.459 e. The quantitative estimate of drug-likeness (QED) is 0.632. The number of amides is 1. The van der Waals surface area contributed by atoms with E-state index in [1.54, 1.807) is 12.1 Å². The molecule has 3 rings (SSSR count). The van der Waals surface area contributed by atoms with Crippen LogP contribution in [0.15, 0.2) is 53.7 Å². The molecule has 0 fully saturated rings. The molecule has 6 heteroatoms. The van der Waals surface area contributed by atoms with Gasteiger partial charge in [-0.3, -0.25) is 15.6 Å². The van der Waals surface area contributed by atoms with Crippen LogP contribution in [0.3, 0.4) is 0 Å². The first-order chi connectivity index (χ1) is 9.74. The fourth-order valence-corrected chi connectivity index (χ4v) is 1.76. The van der Waals surface area contributed by atoms with E-state index < -0.39 is 0 Å². The Hall–Kier alpha value is -3.02. The number of carbonyl (C=O) groups excluding carboxylic acids is 1. The number of hydrogen-bond donors (Lipinski definition) is 3. The van der Waals surface area contributed by atoms with Crippen LogP contribution in [0.2, 0.25) is 0 Å². The van der Waals surface area contributed by atoms with Gasteiger partial charge in [0.15, 0.2) is 11.6 Å². The number of imidazole rings is 1. The van der Waals surface area contributed by atoms with Gasteiger partial charge in [0, 0.05) is 0 Å². The van der Waals surface area contributed by atoms with Crippen LogP contribution >= 0.6 is 0 Å². The van der Waals surface area contributed by atoms with Gasteiger partial charge in [-0.25, -0.2) is 4.98 Å². The molecule has 0 saturated heterocycles. The maximum atomic E-state index is 11.7. The van der Waals surface area contributed by atoms with Gasteiger partial charge in [0.05, 0.1) is 23.0 Å². The number of benzene rings is 1. The van der Waals surface area contributed by atoms with Crippen molar-refractivity contribution >= 4 is 22.6 Å². The molecule has 3 N–H and O–H groups in total. The summed E-state index contributed by atoms with van der Waals surface area (Å²) in [6, 6.07) is 10.8. The normalized spacial score (nSPS) is 10.4. The molecule has 2 aromatic heterocycles. The molecule has 0 bridgehead atoms. The van der Waals surface area contributed by atoms with Crippen molar-refractivity contribution in [3.8, 4) is 0 Å². The summed E-state index contributed by atoms with van der Waals surface area (Å²) in [5, 5.41) is 0. The van der Waals surface area contributed by atoms with Crippen molar-refractivity contribution in [2.24, 2.45) is 0 Å². The third-order valence-electron chi connectivity index (χ3n) is 2.75. The van der Waals surface area contributed by atoms with Crippen molar-refractivity contribution in [1.82, 2.24) is 20.8 Å². The number of furan rings is 1. The largest absolute Gasteiger partial charge is 0.459 e. The van der Waals surface area contributed by atoms with Crippen LogP contribution < -0.4 is 10.9 Å². The Morgan fingerprint density at radius 3 is 2.80 bits per heavy atom. The Morgan fingerprint density at radius 2 is 2.05 bits per heavy atom. The summed E-state index contributed by atoms with van der Waals surface area (Å²) in [6.07, 6.45) is 1.43. The van der Waals surface area contributed by atoms with E-state index in [-0.39, 0.29) is 11.7 Å². The van der Waals surface area contributed by atoms with Gasteiger partial charge in [-0.05, 0) is 24.3 Å². The monoisotopic (exact) mass is 268 g/mol. The number of rotatable bonds is 4. The number of fused-ring (bicyclic) bond motifs is 1. The first kappa shape index (κ1) is 12.0. The van der Waals surface area contributed by atoms with Gasteiger partial charge in [0.1, 0.15) is 0 Å². The van der Waals surface area contributed by atoms with Crippen molar-refractivity contribution in [3.05, 3.63) is 60.8 Å². The van der Waals surface area contributed by atoms with Crippen LogP contribution in [0.5, 0.6) is 0 Å². The Balaban J connectivity index is 1.68. The number of hydrazine groups is 1. The van der Waals surface area contributed by atoms with Crippen LogP contribution in [0.4, 0.5) is 0 Å². The molecule has 0 saturated carbocycles. The number of aromatic amines is 1. The third kappa shape index (κ3) is 2.26. The number of nitrogens with zero attached hydrogens (tertiary/aromatic N) is 1. The molecule has 0 aliphatic heterocycles. The minimum atomic E-state index is -0.382. The van der Waals surface area contributed by atoms with Crippen molar-refractivity contribution in [1.29, 1.82) is 0 Å². The highest BCUT2D eigenvalue weighted by atomic mass is 16.3. The molecule has 0 unspecified atom stereocenters. The lowest BCUT2D eigenvalue weighted by Gasteiger charge is -2.07. The number of H-pyrrole nitrogens is 1. The molecule has 100 valence electrons. The summed E-state index contributed by atoms with van der Waals surface area (Å²) in [7, 11) is 0. The number of hydrogen-bond acceptors (Lipinski definition) is 4. The minimum absolute atomic E-state index is 0.218. The molecule has 6 nitrogen and oxygen atoms in total. The van der Waals surface area contributed by atoms with E-state index in [0.717, 1.165) is 11.0 Å². The van der Waals surface area contributed by atoms with Crippen LogP contribution in [0.1, 0.15) is 16.4 Å². The molecule has 0 radical (unpaired) electrons. The first-order valence-corrected chi connectivity index (χ1v) is 5.98. The zero-order chi connectivity index (χ0) is 13.9. The van der Waals surface area contributed by atoms with Crippen LogP contribution in [0.25, 0.3) is 16.7 Å². The molecule has 1 amide bonds. The Morgan fingerprint density at radius 1 is 1.20 bits per heavy atom. The summed E-state index contributed by atoms with van der Waals surface area (Å²) in [5.41, 5.74) is 7.39. The van der Waals surface area contributed by atoms with Crippen molar-refractivity contribution < 1.29 is 9.21 Å². The molecule has 3 aromatic rings. The predicted molar refractivity (Wildman–Crippen MR) is 74.4 cm³/mol. The van der Waals surface area contributed by atoms with E-state index in [1.807, 2.05) is 24.3 Å². The van der Waals surface area contributed by atoms with Crippen LogP contribution in [0, 0.1) is 0 Å². The lowest BCUT2D eigenvalue weighted by Crippen LogP contribution is -2.35. The van der Waals surface area contributed by atoms with Gasteiger partial charge >= 0.3 is 5.91 Å². The van der Waals surface area contributed by atoms with E-state index in [2.05, 4.69) is 27.4 Å². The predicted octanol–water partition coefficient (Wildman–Crippen LogP) is 2.06. The number of carbonyl (C=O) groups is 1. The van der Waals surface area contributed by atoms with Gasteiger partial charge in [0.2, 0.25) is 0 Å². The summed E-state index contributed by atoms with van der Waals surface area (Å²) in [6.45, 7) is 3.82.